The van der Waals surface area contributed by atoms with E-state index in [2.05, 4.69) is 70.2 Å². The number of hydrogen-bond acceptors (Lipinski definition) is 0. The smallest absolute Gasteiger partial charge is 0.145 e. The Balaban J connectivity index is 2.42. The summed E-state index contributed by atoms with van der Waals surface area (Å²) >= 11 is 27.3. The molecule has 6 heteroatoms. The molecule has 2 atom stereocenters. The summed E-state index contributed by atoms with van der Waals surface area (Å²) in [6.07, 6.45) is 0.876. The fraction of sp³-hybridized carbons (Fsp3) is 0.429. The normalized spacial score (nSPS) is 14.9. The van der Waals surface area contributed by atoms with Crippen molar-refractivity contribution in [3.63, 3.8) is 0 Å². The fourth-order valence-electron chi connectivity index (χ4n) is 3.76. The first kappa shape index (κ1) is 23.3. The molecule has 0 aliphatic heterocycles. The van der Waals surface area contributed by atoms with Crippen LogP contribution in [0, 0.1) is 6.92 Å². The summed E-state index contributed by atoms with van der Waals surface area (Å²) in [4.78, 5) is 0. The Bertz CT molecular complexity index is 784. The first-order valence-electron chi connectivity index (χ1n) is 9.42. The van der Waals surface area contributed by atoms with Crippen molar-refractivity contribution in [2.75, 3.05) is 0 Å². The summed E-state index contributed by atoms with van der Waals surface area (Å²) in [6.45, 7) is 5.57. The molecule has 0 aliphatic carbocycles. The third-order valence-corrected chi connectivity index (χ3v) is 13.8. The lowest BCUT2D eigenvalue weighted by Crippen LogP contribution is -2.41. The average molecular weight is 478 g/mol. The van der Waals surface area contributed by atoms with Gasteiger partial charge in [0.05, 0.1) is 0 Å². The third-order valence-electron chi connectivity index (χ3n) is 5.47. The number of benzene rings is 2. The van der Waals surface area contributed by atoms with E-state index in [1.807, 2.05) is 6.55 Å². The lowest BCUT2D eigenvalue weighted by Gasteiger charge is -2.29. The van der Waals surface area contributed by atoms with Gasteiger partial charge in [0.15, 0.2) is 0 Å². The van der Waals surface area contributed by atoms with Gasteiger partial charge >= 0.3 is 0 Å². The van der Waals surface area contributed by atoms with Crippen LogP contribution in [0.3, 0.4) is 0 Å². The van der Waals surface area contributed by atoms with E-state index in [9.17, 15) is 0 Å². The maximum atomic E-state index is 7.08. The highest BCUT2D eigenvalue weighted by molar-refractivity contribution is 7.51. The van der Waals surface area contributed by atoms with Crippen LogP contribution in [0.5, 0.6) is 0 Å². The quantitative estimate of drug-likeness (QED) is 0.283. The standard InChI is InChI=1S/C21H28Cl4Si2/c1-6-18-20(17(4)26(5,22)23)12-9-13-21(18)27(24,25)14-16(3)19-11-8-7-10-15(19)2/h7-13,16-17H,6,14H2,1-5H3. The molecule has 2 rings (SSSR count). The van der Waals surface area contributed by atoms with E-state index in [0.29, 0.717) is 5.92 Å². The Labute approximate surface area is 185 Å². The molecule has 0 saturated heterocycles. The summed E-state index contributed by atoms with van der Waals surface area (Å²) in [5, 5.41) is 1.12. The molecule has 0 aromatic heterocycles. The Morgan fingerprint density at radius 3 is 2.04 bits per heavy atom. The molecule has 0 aliphatic rings. The van der Waals surface area contributed by atoms with Gasteiger partial charge in [-0.15, -0.1) is 44.3 Å². The molecular formula is C21H28Cl4Si2. The molecule has 27 heavy (non-hydrogen) atoms. The minimum absolute atomic E-state index is 0.127. The van der Waals surface area contributed by atoms with Crippen LogP contribution < -0.4 is 5.19 Å². The van der Waals surface area contributed by atoms with Crippen LogP contribution in [0.15, 0.2) is 42.5 Å². The van der Waals surface area contributed by atoms with Crippen molar-refractivity contribution in [1.29, 1.82) is 0 Å². The van der Waals surface area contributed by atoms with Gasteiger partial charge in [-0.25, -0.2) is 0 Å². The van der Waals surface area contributed by atoms with Crippen LogP contribution in [0.4, 0.5) is 0 Å². The molecule has 0 fully saturated rings. The highest BCUT2D eigenvalue weighted by Crippen LogP contribution is 2.37. The summed E-state index contributed by atoms with van der Waals surface area (Å²) < 4.78 is 0. The topological polar surface area (TPSA) is 0 Å². The Hall–Kier alpha value is 0.0338. The second-order valence-electron chi connectivity index (χ2n) is 7.57. The zero-order chi connectivity index (χ0) is 20.4. The molecule has 2 aromatic carbocycles. The summed E-state index contributed by atoms with van der Waals surface area (Å²) in [5.41, 5.74) is 5.17. The predicted octanol–water partition coefficient (Wildman–Crippen LogP) is 7.68. The van der Waals surface area contributed by atoms with Crippen molar-refractivity contribution >= 4 is 62.9 Å². The van der Waals surface area contributed by atoms with Crippen LogP contribution in [-0.2, 0) is 6.42 Å². The van der Waals surface area contributed by atoms with Gasteiger partial charge in [-0.1, -0.05) is 63.2 Å². The zero-order valence-electron chi connectivity index (χ0n) is 16.6. The van der Waals surface area contributed by atoms with Gasteiger partial charge in [-0.3, -0.25) is 0 Å². The van der Waals surface area contributed by atoms with Gasteiger partial charge in [-0.2, -0.15) is 0 Å². The maximum Gasteiger partial charge on any atom is 0.281 e. The van der Waals surface area contributed by atoms with E-state index in [1.165, 1.54) is 22.3 Å². The Morgan fingerprint density at radius 2 is 1.48 bits per heavy atom. The monoisotopic (exact) mass is 476 g/mol. The van der Waals surface area contributed by atoms with E-state index in [4.69, 9.17) is 44.3 Å². The van der Waals surface area contributed by atoms with Gasteiger partial charge in [0.2, 0.25) is 0 Å². The molecular weight excluding hydrogens is 450 g/mol. The molecule has 2 aromatic rings. The van der Waals surface area contributed by atoms with Gasteiger partial charge in [0.25, 0.3) is 13.4 Å². The molecule has 0 amide bonds. The molecule has 0 spiro atoms. The van der Waals surface area contributed by atoms with Crippen LogP contribution in [0.25, 0.3) is 0 Å². The second kappa shape index (κ2) is 9.23. The molecule has 0 bridgehead atoms. The molecule has 148 valence electrons. The minimum atomic E-state index is -2.68. The number of hydrogen-bond donors (Lipinski definition) is 0. The highest BCUT2D eigenvalue weighted by Gasteiger charge is 2.38. The van der Waals surface area contributed by atoms with Crippen molar-refractivity contribution in [3.8, 4) is 0 Å². The largest absolute Gasteiger partial charge is 0.281 e. The van der Waals surface area contributed by atoms with E-state index < -0.39 is 13.4 Å². The van der Waals surface area contributed by atoms with E-state index in [1.54, 1.807) is 0 Å². The molecule has 0 saturated carbocycles. The van der Waals surface area contributed by atoms with Gasteiger partial charge in [-0.05, 0) is 59.3 Å². The first-order valence-corrected chi connectivity index (χ1v) is 18.3. The van der Waals surface area contributed by atoms with Crippen molar-refractivity contribution in [2.45, 2.75) is 58.2 Å². The predicted molar refractivity (Wildman–Crippen MR) is 129 cm³/mol. The molecule has 0 heterocycles. The number of aryl methyl sites for hydroxylation is 1. The van der Waals surface area contributed by atoms with Crippen LogP contribution in [0.2, 0.25) is 12.6 Å². The zero-order valence-corrected chi connectivity index (χ0v) is 21.6. The van der Waals surface area contributed by atoms with Crippen molar-refractivity contribution in [1.82, 2.24) is 0 Å². The van der Waals surface area contributed by atoms with Crippen molar-refractivity contribution in [2.24, 2.45) is 0 Å². The third kappa shape index (κ3) is 5.55. The van der Waals surface area contributed by atoms with E-state index >= 15 is 0 Å². The molecule has 0 nitrogen and oxygen atoms in total. The van der Waals surface area contributed by atoms with E-state index in [0.717, 1.165) is 17.7 Å². The Morgan fingerprint density at radius 1 is 0.889 bits per heavy atom. The molecule has 0 N–H and O–H groups in total. The number of halogens is 4. The highest BCUT2D eigenvalue weighted by atomic mass is 35.7. The first-order chi connectivity index (χ1) is 12.5. The lowest BCUT2D eigenvalue weighted by molar-refractivity contribution is 0.847. The summed E-state index contributed by atoms with van der Waals surface area (Å²) in [5.74, 6) is 0.305. The molecule has 0 radical (unpaired) electrons. The fourth-order valence-corrected chi connectivity index (χ4v) is 10.0. The van der Waals surface area contributed by atoms with Gasteiger partial charge in [0, 0.05) is 5.54 Å². The molecule has 2 unspecified atom stereocenters. The summed E-state index contributed by atoms with van der Waals surface area (Å²) in [6, 6.07) is 15.5. The van der Waals surface area contributed by atoms with Gasteiger partial charge in [0.1, 0.15) is 0 Å². The SMILES string of the molecule is CCc1c(C(C)[Si](C)(Cl)Cl)cccc1[Si](Cl)(Cl)CC(C)c1ccccc1C. The maximum absolute atomic E-state index is 7.08. The number of rotatable bonds is 7. The van der Waals surface area contributed by atoms with Crippen LogP contribution >= 0.6 is 44.3 Å². The minimum Gasteiger partial charge on any atom is -0.145 e. The van der Waals surface area contributed by atoms with Crippen molar-refractivity contribution < 1.29 is 0 Å². The van der Waals surface area contributed by atoms with Gasteiger partial charge < -0.3 is 0 Å². The average Bonchev–Trinajstić information content (AvgIpc) is 2.59. The Kier molecular flexibility index (Phi) is 7.97. The summed E-state index contributed by atoms with van der Waals surface area (Å²) in [7, 11) is 0. The van der Waals surface area contributed by atoms with Crippen molar-refractivity contribution in [3.05, 3.63) is 64.7 Å². The lowest BCUT2D eigenvalue weighted by atomic mass is 9.98. The van der Waals surface area contributed by atoms with Crippen LogP contribution in [0.1, 0.15) is 54.5 Å². The van der Waals surface area contributed by atoms with Crippen LogP contribution in [-0.4, -0.2) is 13.4 Å². The van der Waals surface area contributed by atoms with E-state index in [-0.39, 0.29) is 5.54 Å². The second-order valence-corrected chi connectivity index (χ2v) is 22.4.